The second kappa shape index (κ2) is 7.43. The largest absolute Gasteiger partial charge is 0.381 e. The highest BCUT2D eigenvalue weighted by atomic mass is 16.2. The van der Waals surface area contributed by atoms with Crippen molar-refractivity contribution in [3.05, 3.63) is 59.9 Å². The predicted molar refractivity (Wildman–Crippen MR) is 85.3 cm³/mol. The lowest BCUT2D eigenvalue weighted by atomic mass is 10.2. The molecule has 2 rings (SSSR count). The quantitative estimate of drug-likeness (QED) is 0.885. The highest BCUT2D eigenvalue weighted by Gasteiger charge is 2.13. The molecule has 1 N–H and O–H groups in total. The van der Waals surface area contributed by atoms with Gasteiger partial charge in [-0.3, -0.25) is 9.78 Å². The van der Waals surface area contributed by atoms with Crippen LogP contribution in [-0.4, -0.2) is 28.9 Å². The van der Waals surface area contributed by atoms with Gasteiger partial charge in [-0.05, 0) is 31.5 Å². The van der Waals surface area contributed by atoms with Gasteiger partial charge in [0.15, 0.2) is 0 Å². The lowest BCUT2D eigenvalue weighted by Gasteiger charge is -2.18. The Morgan fingerprint density at radius 3 is 2.52 bits per heavy atom. The van der Waals surface area contributed by atoms with Gasteiger partial charge in [0.25, 0.3) is 5.91 Å². The molecular weight excluding hydrogens is 262 g/mol. The monoisotopic (exact) mass is 283 g/mol. The maximum absolute atomic E-state index is 12.3. The van der Waals surface area contributed by atoms with E-state index in [1.807, 2.05) is 44.2 Å². The lowest BCUT2D eigenvalue weighted by molar-refractivity contribution is 0.0767. The number of nitrogens with one attached hydrogen (secondary N) is 1. The van der Waals surface area contributed by atoms with Crippen molar-refractivity contribution in [2.45, 2.75) is 20.4 Å². The molecule has 0 unspecified atom stereocenters. The first-order valence-corrected chi connectivity index (χ1v) is 7.27. The SMILES string of the molecule is CCN(CC)C(=O)c1cc(NCc2ccccc2)ccn1. The van der Waals surface area contributed by atoms with Crippen molar-refractivity contribution in [2.24, 2.45) is 0 Å². The number of rotatable bonds is 6. The highest BCUT2D eigenvalue weighted by molar-refractivity contribution is 5.93. The molecule has 0 radical (unpaired) electrons. The molecule has 21 heavy (non-hydrogen) atoms. The van der Waals surface area contributed by atoms with E-state index in [4.69, 9.17) is 0 Å². The minimum absolute atomic E-state index is 0.0247. The summed E-state index contributed by atoms with van der Waals surface area (Å²) in [6.07, 6.45) is 1.67. The van der Waals surface area contributed by atoms with Crippen LogP contribution < -0.4 is 5.32 Å². The number of hydrogen-bond acceptors (Lipinski definition) is 3. The summed E-state index contributed by atoms with van der Waals surface area (Å²) < 4.78 is 0. The zero-order chi connectivity index (χ0) is 15.1. The van der Waals surface area contributed by atoms with Gasteiger partial charge in [-0.1, -0.05) is 30.3 Å². The Morgan fingerprint density at radius 2 is 1.86 bits per heavy atom. The fourth-order valence-electron chi connectivity index (χ4n) is 2.13. The zero-order valence-electron chi connectivity index (χ0n) is 12.5. The van der Waals surface area contributed by atoms with Crippen molar-refractivity contribution in [2.75, 3.05) is 18.4 Å². The van der Waals surface area contributed by atoms with Crippen molar-refractivity contribution in [1.82, 2.24) is 9.88 Å². The molecule has 4 heteroatoms. The van der Waals surface area contributed by atoms with E-state index in [1.165, 1.54) is 5.56 Å². The highest BCUT2D eigenvalue weighted by Crippen LogP contribution is 2.12. The summed E-state index contributed by atoms with van der Waals surface area (Å²) in [5.41, 5.74) is 2.59. The van der Waals surface area contributed by atoms with E-state index < -0.39 is 0 Å². The maximum Gasteiger partial charge on any atom is 0.272 e. The van der Waals surface area contributed by atoms with E-state index >= 15 is 0 Å². The molecule has 2 aromatic rings. The molecule has 0 fully saturated rings. The van der Waals surface area contributed by atoms with Crippen LogP contribution >= 0.6 is 0 Å². The summed E-state index contributed by atoms with van der Waals surface area (Å²) in [6.45, 7) is 6.05. The number of benzene rings is 1. The molecule has 0 aliphatic rings. The Labute approximate surface area is 125 Å². The molecule has 0 atom stereocenters. The number of aromatic nitrogens is 1. The van der Waals surface area contributed by atoms with Crippen LogP contribution in [0, 0.1) is 0 Å². The topological polar surface area (TPSA) is 45.2 Å². The van der Waals surface area contributed by atoms with Crippen molar-refractivity contribution >= 4 is 11.6 Å². The van der Waals surface area contributed by atoms with Crippen LogP contribution in [0.15, 0.2) is 48.7 Å². The van der Waals surface area contributed by atoms with Crippen LogP contribution in [0.1, 0.15) is 29.9 Å². The molecule has 1 aromatic carbocycles. The van der Waals surface area contributed by atoms with Crippen LogP contribution in [0.5, 0.6) is 0 Å². The standard InChI is InChI=1S/C17H21N3O/c1-3-20(4-2)17(21)16-12-15(10-11-18-16)19-13-14-8-6-5-7-9-14/h5-12H,3-4,13H2,1-2H3,(H,18,19). The summed E-state index contributed by atoms with van der Waals surface area (Å²) in [7, 11) is 0. The van der Waals surface area contributed by atoms with E-state index in [1.54, 1.807) is 11.1 Å². The third-order valence-corrected chi connectivity index (χ3v) is 3.37. The Hall–Kier alpha value is -2.36. The second-order valence-corrected chi connectivity index (χ2v) is 4.75. The Balaban J connectivity index is 2.05. The summed E-state index contributed by atoms with van der Waals surface area (Å²) in [4.78, 5) is 18.2. The van der Waals surface area contributed by atoms with E-state index in [-0.39, 0.29) is 5.91 Å². The summed E-state index contributed by atoms with van der Waals surface area (Å²) >= 11 is 0. The number of anilines is 1. The van der Waals surface area contributed by atoms with E-state index in [9.17, 15) is 4.79 Å². The summed E-state index contributed by atoms with van der Waals surface area (Å²) in [6, 6.07) is 13.8. The third kappa shape index (κ3) is 4.05. The van der Waals surface area contributed by atoms with Crippen LogP contribution in [0.25, 0.3) is 0 Å². The van der Waals surface area contributed by atoms with Gasteiger partial charge < -0.3 is 10.2 Å². The maximum atomic E-state index is 12.3. The van der Waals surface area contributed by atoms with Gasteiger partial charge in [-0.15, -0.1) is 0 Å². The minimum Gasteiger partial charge on any atom is -0.381 e. The molecule has 1 aromatic heterocycles. The van der Waals surface area contributed by atoms with Gasteiger partial charge in [-0.2, -0.15) is 0 Å². The second-order valence-electron chi connectivity index (χ2n) is 4.75. The normalized spacial score (nSPS) is 10.2. The number of hydrogen-bond donors (Lipinski definition) is 1. The van der Waals surface area contributed by atoms with Gasteiger partial charge in [0, 0.05) is 31.5 Å². The molecule has 0 saturated carbocycles. The summed E-state index contributed by atoms with van der Waals surface area (Å²) in [5, 5.41) is 3.32. The van der Waals surface area contributed by atoms with Crippen molar-refractivity contribution < 1.29 is 4.79 Å². The third-order valence-electron chi connectivity index (χ3n) is 3.37. The minimum atomic E-state index is -0.0247. The molecule has 1 amide bonds. The average Bonchev–Trinajstić information content (AvgIpc) is 2.55. The number of amides is 1. The Morgan fingerprint density at radius 1 is 1.14 bits per heavy atom. The van der Waals surface area contributed by atoms with E-state index in [2.05, 4.69) is 22.4 Å². The van der Waals surface area contributed by atoms with E-state index in [0.717, 1.165) is 12.2 Å². The smallest absolute Gasteiger partial charge is 0.272 e. The van der Waals surface area contributed by atoms with Crippen LogP contribution in [0.3, 0.4) is 0 Å². The first-order chi connectivity index (χ1) is 10.2. The Kier molecular flexibility index (Phi) is 5.32. The summed E-state index contributed by atoms with van der Waals surface area (Å²) in [5.74, 6) is -0.0247. The van der Waals surface area contributed by atoms with Gasteiger partial charge in [0.1, 0.15) is 5.69 Å². The molecule has 0 bridgehead atoms. The molecule has 0 aliphatic carbocycles. The van der Waals surface area contributed by atoms with Crippen LogP contribution in [0.4, 0.5) is 5.69 Å². The molecule has 0 saturated heterocycles. The van der Waals surface area contributed by atoms with Gasteiger partial charge >= 0.3 is 0 Å². The predicted octanol–water partition coefficient (Wildman–Crippen LogP) is 3.18. The van der Waals surface area contributed by atoms with Crippen LogP contribution in [-0.2, 0) is 6.54 Å². The molecule has 110 valence electrons. The fraction of sp³-hybridized carbons (Fsp3) is 0.294. The van der Waals surface area contributed by atoms with Gasteiger partial charge in [0.2, 0.25) is 0 Å². The Bertz CT molecular complexity index is 580. The van der Waals surface area contributed by atoms with Crippen molar-refractivity contribution in [3.63, 3.8) is 0 Å². The first kappa shape index (κ1) is 15.0. The van der Waals surface area contributed by atoms with Crippen LogP contribution in [0.2, 0.25) is 0 Å². The van der Waals surface area contributed by atoms with Gasteiger partial charge in [0.05, 0.1) is 0 Å². The average molecular weight is 283 g/mol. The first-order valence-electron chi connectivity index (χ1n) is 7.27. The molecule has 0 spiro atoms. The molecule has 0 aliphatic heterocycles. The van der Waals surface area contributed by atoms with Crippen molar-refractivity contribution in [1.29, 1.82) is 0 Å². The van der Waals surface area contributed by atoms with Gasteiger partial charge in [-0.25, -0.2) is 0 Å². The molecule has 1 heterocycles. The fourth-order valence-corrected chi connectivity index (χ4v) is 2.13. The number of pyridine rings is 1. The zero-order valence-corrected chi connectivity index (χ0v) is 12.5. The number of carbonyl (C=O) groups is 1. The molecular formula is C17H21N3O. The molecule has 4 nitrogen and oxygen atoms in total. The lowest BCUT2D eigenvalue weighted by Crippen LogP contribution is -2.31. The number of nitrogens with zero attached hydrogens (tertiary/aromatic N) is 2. The van der Waals surface area contributed by atoms with E-state index in [0.29, 0.717) is 18.8 Å². The number of carbonyl (C=O) groups excluding carboxylic acids is 1. The van der Waals surface area contributed by atoms with Crippen molar-refractivity contribution in [3.8, 4) is 0 Å².